The average Bonchev–Trinajstić information content (AvgIpc) is 2.32. The van der Waals surface area contributed by atoms with Crippen molar-refractivity contribution < 1.29 is 19.3 Å². The van der Waals surface area contributed by atoms with Crippen LogP contribution in [-0.2, 0) is 14.2 Å². The molecule has 0 amide bonds. The highest BCUT2D eigenvalue weighted by Gasteiger charge is 2.57. The maximum Gasteiger partial charge on any atom is 0.286 e. The van der Waals surface area contributed by atoms with Crippen molar-refractivity contribution in [1.29, 1.82) is 0 Å². The number of ether oxygens (including phenoxy) is 3. The predicted molar refractivity (Wildman–Crippen MR) is 65.9 cm³/mol. The van der Waals surface area contributed by atoms with Gasteiger partial charge in [-0.25, -0.2) is 0 Å². The largest absolute Gasteiger partial charge is 0.396 e. The Morgan fingerprint density at radius 2 is 1.56 bits per heavy atom. The molecule has 3 saturated heterocycles. The zero-order valence-electron chi connectivity index (χ0n) is 11.1. The second kappa shape index (κ2) is 5.08. The summed E-state index contributed by atoms with van der Waals surface area (Å²) in [5.41, 5.74) is 0. The molecule has 1 aliphatic carbocycles. The first-order valence-electron chi connectivity index (χ1n) is 7.36. The molecule has 4 bridgehead atoms. The van der Waals surface area contributed by atoms with E-state index < -0.39 is 5.97 Å². The van der Waals surface area contributed by atoms with E-state index in [0.29, 0.717) is 18.3 Å². The maximum atomic E-state index is 8.79. The summed E-state index contributed by atoms with van der Waals surface area (Å²) in [6, 6.07) is 0. The van der Waals surface area contributed by atoms with E-state index in [4.69, 9.17) is 19.3 Å². The Balaban J connectivity index is 1.57. The van der Waals surface area contributed by atoms with E-state index in [1.165, 1.54) is 0 Å². The van der Waals surface area contributed by atoms with Crippen molar-refractivity contribution in [3.63, 3.8) is 0 Å². The fraction of sp³-hybridized carbons (Fsp3) is 1.00. The van der Waals surface area contributed by atoms with E-state index >= 15 is 0 Å². The van der Waals surface area contributed by atoms with Crippen molar-refractivity contribution in [3.8, 4) is 0 Å². The summed E-state index contributed by atoms with van der Waals surface area (Å²) < 4.78 is 18.1. The Morgan fingerprint density at radius 3 is 2.06 bits per heavy atom. The first kappa shape index (κ1) is 12.9. The van der Waals surface area contributed by atoms with Crippen molar-refractivity contribution in [2.24, 2.45) is 5.92 Å². The lowest BCUT2D eigenvalue weighted by atomic mass is 9.87. The second-order valence-electron chi connectivity index (χ2n) is 6.00. The highest BCUT2D eigenvalue weighted by molar-refractivity contribution is 4.93. The van der Waals surface area contributed by atoms with E-state index in [1.54, 1.807) is 0 Å². The third-order valence-electron chi connectivity index (χ3n) is 4.47. The molecule has 4 heteroatoms. The number of aliphatic hydroxyl groups excluding tert-OH is 1. The van der Waals surface area contributed by atoms with E-state index in [-0.39, 0.29) is 12.5 Å². The lowest BCUT2D eigenvalue weighted by Gasteiger charge is -2.57. The quantitative estimate of drug-likeness (QED) is 0.740. The summed E-state index contributed by atoms with van der Waals surface area (Å²) in [5.74, 6) is -0.488. The van der Waals surface area contributed by atoms with Crippen LogP contribution in [0.2, 0.25) is 0 Å². The molecule has 3 aliphatic heterocycles. The number of unbranched alkanes of at least 4 members (excludes halogenated alkanes) is 2. The van der Waals surface area contributed by atoms with E-state index in [1.807, 2.05) is 0 Å². The van der Waals surface area contributed by atoms with Crippen molar-refractivity contribution in [2.75, 3.05) is 6.61 Å². The van der Waals surface area contributed by atoms with Gasteiger partial charge >= 0.3 is 0 Å². The summed E-state index contributed by atoms with van der Waals surface area (Å²) in [5, 5.41) is 8.79. The zero-order chi connectivity index (χ0) is 12.6. The van der Waals surface area contributed by atoms with Crippen LogP contribution in [0.15, 0.2) is 0 Å². The van der Waals surface area contributed by atoms with Gasteiger partial charge in [-0.1, -0.05) is 19.8 Å². The number of hydrogen-bond donors (Lipinski definition) is 1. The Morgan fingerprint density at radius 1 is 1.00 bits per heavy atom. The lowest BCUT2D eigenvalue weighted by Crippen LogP contribution is -2.64. The topological polar surface area (TPSA) is 47.9 Å². The van der Waals surface area contributed by atoms with Gasteiger partial charge in [-0.05, 0) is 12.8 Å². The van der Waals surface area contributed by atoms with E-state index in [0.717, 1.165) is 44.9 Å². The highest BCUT2D eigenvalue weighted by atomic mass is 16.9. The van der Waals surface area contributed by atoms with Crippen LogP contribution >= 0.6 is 0 Å². The van der Waals surface area contributed by atoms with Gasteiger partial charge in [0.15, 0.2) is 0 Å². The standard InChI is InChI=1S/C14H24O4/c1-10(5-3-2-4-6-15)14-16-11-7-12(17-14)9-13(8-11)18-14/h10-13,15H,2-9H2,1H3. The molecule has 104 valence electrons. The highest BCUT2D eigenvalue weighted by Crippen LogP contribution is 2.48. The number of aliphatic hydroxyl groups is 1. The van der Waals surface area contributed by atoms with Crippen molar-refractivity contribution in [1.82, 2.24) is 0 Å². The van der Waals surface area contributed by atoms with Crippen molar-refractivity contribution in [2.45, 2.75) is 76.2 Å². The van der Waals surface area contributed by atoms with E-state index in [9.17, 15) is 0 Å². The normalized spacial score (nSPS) is 43.3. The Labute approximate surface area is 109 Å². The molecule has 1 atom stereocenters. The monoisotopic (exact) mass is 256 g/mol. The summed E-state index contributed by atoms with van der Waals surface area (Å²) in [6.07, 6.45) is 8.23. The first-order chi connectivity index (χ1) is 8.72. The molecule has 1 N–H and O–H groups in total. The fourth-order valence-electron chi connectivity index (χ4n) is 3.50. The van der Waals surface area contributed by atoms with Gasteiger partial charge in [0.1, 0.15) is 0 Å². The van der Waals surface area contributed by atoms with Crippen LogP contribution in [0.1, 0.15) is 51.9 Å². The van der Waals surface area contributed by atoms with Crippen molar-refractivity contribution >= 4 is 0 Å². The van der Waals surface area contributed by atoms with Gasteiger partial charge in [0.25, 0.3) is 5.97 Å². The van der Waals surface area contributed by atoms with Gasteiger partial charge in [0.2, 0.25) is 0 Å². The molecule has 0 aromatic rings. The SMILES string of the molecule is CC(CCCCCO)C12OC3CC(CC(C3)O1)O2. The molecule has 4 nitrogen and oxygen atoms in total. The summed E-state index contributed by atoms with van der Waals surface area (Å²) in [7, 11) is 0. The van der Waals surface area contributed by atoms with Gasteiger partial charge < -0.3 is 19.3 Å². The molecular formula is C14H24O4. The zero-order valence-corrected chi connectivity index (χ0v) is 11.1. The van der Waals surface area contributed by atoms with E-state index in [2.05, 4.69) is 6.92 Å². The summed E-state index contributed by atoms with van der Waals surface area (Å²) in [6.45, 7) is 2.45. The molecular weight excluding hydrogens is 232 g/mol. The molecule has 1 unspecified atom stereocenters. The molecule has 4 rings (SSSR count). The smallest absolute Gasteiger partial charge is 0.286 e. The molecule has 0 radical (unpaired) electrons. The molecule has 3 heterocycles. The molecule has 0 aromatic heterocycles. The third kappa shape index (κ3) is 2.31. The maximum absolute atomic E-state index is 8.79. The average molecular weight is 256 g/mol. The minimum Gasteiger partial charge on any atom is -0.396 e. The van der Waals surface area contributed by atoms with Crippen LogP contribution < -0.4 is 0 Å². The Bertz CT molecular complexity index is 256. The molecule has 0 spiro atoms. The van der Waals surface area contributed by atoms with Gasteiger partial charge in [0.05, 0.1) is 18.3 Å². The van der Waals surface area contributed by atoms with Crippen LogP contribution in [-0.4, -0.2) is 36.0 Å². The summed E-state index contributed by atoms with van der Waals surface area (Å²) in [4.78, 5) is 0. The van der Waals surface area contributed by atoms with Crippen molar-refractivity contribution in [3.05, 3.63) is 0 Å². The Kier molecular flexibility index (Phi) is 3.63. The molecule has 1 saturated carbocycles. The Hall–Kier alpha value is -0.160. The minimum absolute atomic E-state index is 0.268. The fourth-order valence-corrected chi connectivity index (χ4v) is 3.50. The lowest BCUT2D eigenvalue weighted by molar-refractivity contribution is -0.509. The molecule has 4 fully saturated rings. The third-order valence-corrected chi connectivity index (χ3v) is 4.47. The van der Waals surface area contributed by atoms with Gasteiger partial charge in [-0.2, -0.15) is 0 Å². The van der Waals surface area contributed by atoms with Crippen LogP contribution in [0.25, 0.3) is 0 Å². The van der Waals surface area contributed by atoms with Gasteiger partial charge in [-0.3, -0.25) is 0 Å². The first-order valence-corrected chi connectivity index (χ1v) is 7.36. The number of hydrogen-bond acceptors (Lipinski definition) is 4. The van der Waals surface area contributed by atoms with Gasteiger partial charge in [0, 0.05) is 31.8 Å². The van der Waals surface area contributed by atoms with Crippen LogP contribution in [0.4, 0.5) is 0 Å². The molecule has 4 aliphatic rings. The minimum atomic E-state index is -0.756. The van der Waals surface area contributed by atoms with Crippen LogP contribution in [0.5, 0.6) is 0 Å². The predicted octanol–water partition coefficient (Wildman–Crippen LogP) is 2.20. The second-order valence-corrected chi connectivity index (χ2v) is 6.00. The number of rotatable bonds is 6. The van der Waals surface area contributed by atoms with Crippen LogP contribution in [0.3, 0.4) is 0 Å². The van der Waals surface area contributed by atoms with Gasteiger partial charge in [-0.15, -0.1) is 0 Å². The molecule has 18 heavy (non-hydrogen) atoms. The van der Waals surface area contributed by atoms with Crippen LogP contribution in [0, 0.1) is 5.92 Å². The summed E-state index contributed by atoms with van der Waals surface area (Å²) >= 11 is 0. The molecule has 0 aromatic carbocycles.